The molecule has 0 aliphatic heterocycles. The van der Waals surface area contributed by atoms with Crippen LogP contribution in [0.3, 0.4) is 0 Å². The van der Waals surface area contributed by atoms with Gasteiger partial charge in [-0.15, -0.1) is 0 Å². The Morgan fingerprint density at radius 1 is 1.20 bits per heavy atom. The molecule has 0 aromatic carbocycles. The molecule has 1 aromatic heterocycles. The molecule has 0 unspecified atom stereocenters. The van der Waals surface area contributed by atoms with Gasteiger partial charge in [-0.25, -0.2) is 0 Å². The van der Waals surface area contributed by atoms with Crippen molar-refractivity contribution in [2.24, 2.45) is 40.4 Å². The maximum absolute atomic E-state index is 13.5. The number of carbonyl (C=O) groups is 1. The molecule has 0 amide bonds. The highest BCUT2D eigenvalue weighted by Crippen LogP contribution is 2.69. The van der Waals surface area contributed by atoms with Crippen LogP contribution in [0.15, 0.2) is 12.4 Å². The van der Waals surface area contributed by atoms with Crippen molar-refractivity contribution in [2.45, 2.75) is 97.1 Å². The Morgan fingerprint density at radius 3 is 2.77 bits per heavy atom. The zero-order chi connectivity index (χ0) is 24.8. The highest BCUT2D eigenvalue weighted by Gasteiger charge is 2.62. The van der Waals surface area contributed by atoms with Crippen molar-refractivity contribution in [1.82, 2.24) is 9.78 Å². The summed E-state index contributed by atoms with van der Waals surface area (Å²) in [6.45, 7) is 8.39. The fraction of sp³-hybridized carbons (Fsp3) is 0.828. The topological polar surface area (TPSA) is 88.1 Å². The van der Waals surface area contributed by atoms with E-state index in [9.17, 15) is 9.90 Å². The number of hydrogen-bond acceptors (Lipinski definition) is 5. The number of ketones is 1. The molecule has 8 atom stereocenters. The fourth-order valence-electron chi connectivity index (χ4n) is 9.45. The van der Waals surface area contributed by atoms with E-state index in [0.29, 0.717) is 29.2 Å². The van der Waals surface area contributed by atoms with E-state index in [1.807, 2.05) is 6.92 Å². The molecule has 4 fully saturated rings. The summed E-state index contributed by atoms with van der Waals surface area (Å²) in [5.41, 5.74) is 0.331. The van der Waals surface area contributed by atoms with E-state index >= 15 is 0 Å². The number of fused-ring (bicyclic) bond motifs is 5. The minimum Gasteiger partial charge on any atom is -0.390 e. The Hall–Kier alpha value is -1.71. The standard InChI is InChI=1S/C29H43N3O3/c1-4-35-14-13-29-12-11-27(2,34)15-21(29)5-6-22-23-7-8-25(28(23,3)10-9-24(22)29)26(33)19-32-18-20(16-30)17-31-32/h17-18,21-25,34H,4-15,19H2,1-3H3/t21-,22+,23+,24+,25-,27-,28+,29-/m1/s1. The first-order chi connectivity index (χ1) is 16.7. The average Bonchev–Trinajstić information content (AvgIpc) is 3.42. The number of rotatable bonds is 7. The van der Waals surface area contributed by atoms with Gasteiger partial charge in [-0.05, 0) is 113 Å². The third-order valence-electron chi connectivity index (χ3n) is 11.0. The van der Waals surface area contributed by atoms with Crippen LogP contribution in [-0.2, 0) is 16.1 Å². The molecule has 35 heavy (non-hydrogen) atoms. The molecule has 4 aliphatic rings. The van der Waals surface area contributed by atoms with Gasteiger partial charge < -0.3 is 9.84 Å². The van der Waals surface area contributed by atoms with E-state index in [1.165, 1.54) is 19.3 Å². The zero-order valence-electron chi connectivity index (χ0n) is 21.8. The van der Waals surface area contributed by atoms with E-state index in [0.717, 1.165) is 58.2 Å². The Kier molecular flexibility index (Phi) is 6.64. The minimum absolute atomic E-state index is 0.0670. The highest BCUT2D eigenvalue weighted by atomic mass is 16.5. The van der Waals surface area contributed by atoms with E-state index in [1.54, 1.807) is 17.1 Å². The number of carbonyl (C=O) groups excluding carboxylic acids is 1. The molecule has 1 heterocycles. The van der Waals surface area contributed by atoms with Gasteiger partial charge in [0.05, 0.1) is 23.9 Å². The number of Topliss-reactive ketones (excluding diaryl/α,β-unsaturated/α-hetero) is 1. The second-order valence-corrected chi connectivity index (χ2v) is 12.7. The Balaban J connectivity index is 1.36. The maximum atomic E-state index is 13.5. The van der Waals surface area contributed by atoms with Crippen molar-refractivity contribution in [2.75, 3.05) is 13.2 Å². The van der Waals surface area contributed by atoms with Crippen LogP contribution in [0.4, 0.5) is 0 Å². The van der Waals surface area contributed by atoms with Crippen molar-refractivity contribution in [3.8, 4) is 6.07 Å². The minimum atomic E-state index is -0.529. The predicted octanol–water partition coefficient (Wildman–Crippen LogP) is 5.14. The number of hydrogen-bond donors (Lipinski definition) is 1. The monoisotopic (exact) mass is 481 g/mol. The second-order valence-electron chi connectivity index (χ2n) is 12.7. The summed E-state index contributed by atoms with van der Waals surface area (Å²) in [4.78, 5) is 13.5. The largest absolute Gasteiger partial charge is 0.390 e. The van der Waals surface area contributed by atoms with Gasteiger partial charge in [-0.3, -0.25) is 9.48 Å². The van der Waals surface area contributed by atoms with Gasteiger partial charge in [0.2, 0.25) is 0 Å². The predicted molar refractivity (Wildman–Crippen MR) is 133 cm³/mol. The average molecular weight is 482 g/mol. The molecule has 0 spiro atoms. The molecule has 192 valence electrons. The normalized spacial score (nSPS) is 42.5. The van der Waals surface area contributed by atoms with Gasteiger partial charge in [0.1, 0.15) is 6.07 Å². The van der Waals surface area contributed by atoms with Gasteiger partial charge in [0, 0.05) is 25.3 Å². The van der Waals surface area contributed by atoms with Gasteiger partial charge in [-0.2, -0.15) is 10.4 Å². The van der Waals surface area contributed by atoms with Crippen LogP contribution in [0.25, 0.3) is 0 Å². The summed E-state index contributed by atoms with van der Waals surface area (Å²) in [5.74, 6) is 2.94. The van der Waals surface area contributed by atoms with Crippen molar-refractivity contribution in [1.29, 1.82) is 5.26 Å². The summed E-state index contributed by atoms with van der Waals surface area (Å²) < 4.78 is 7.54. The van der Waals surface area contributed by atoms with Gasteiger partial charge in [-0.1, -0.05) is 6.92 Å². The summed E-state index contributed by atoms with van der Waals surface area (Å²) >= 11 is 0. The van der Waals surface area contributed by atoms with Crippen LogP contribution in [0, 0.1) is 51.8 Å². The molecular formula is C29H43N3O3. The summed E-state index contributed by atoms with van der Waals surface area (Å²) in [5, 5.41) is 24.3. The Morgan fingerprint density at radius 2 is 2.03 bits per heavy atom. The fourth-order valence-corrected chi connectivity index (χ4v) is 9.45. The quantitative estimate of drug-likeness (QED) is 0.545. The van der Waals surface area contributed by atoms with E-state index < -0.39 is 5.60 Å². The molecule has 5 rings (SSSR count). The number of nitrogens with zero attached hydrogens (tertiary/aromatic N) is 3. The number of aliphatic hydroxyl groups is 1. The molecule has 0 bridgehead atoms. The SMILES string of the molecule is CCOCC[C@]12CC[C@@](C)(O)C[C@H]1CC[C@H]1[C@@H]3CC[C@H](C(=O)Cn4cc(C#N)cn4)[C@@]3(C)CC[C@@H]12. The zero-order valence-corrected chi connectivity index (χ0v) is 21.8. The molecule has 0 saturated heterocycles. The highest BCUT2D eigenvalue weighted by molar-refractivity contribution is 5.82. The molecule has 1 aromatic rings. The third kappa shape index (κ3) is 4.27. The van der Waals surface area contributed by atoms with Crippen molar-refractivity contribution < 1.29 is 14.6 Å². The second kappa shape index (κ2) is 9.30. The smallest absolute Gasteiger partial charge is 0.157 e. The molecule has 4 aliphatic carbocycles. The molecule has 1 N–H and O–H groups in total. The number of nitriles is 1. The van der Waals surface area contributed by atoms with Gasteiger partial charge >= 0.3 is 0 Å². The Labute approximate surface area is 210 Å². The number of ether oxygens (including phenoxy) is 1. The van der Waals surface area contributed by atoms with Crippen molar-refractivity contribution in [3.63, 3.8) is 0 Å². The van der Waals surface area contributed by atoms with Crippen LogP contribution in [0.5, 0.6) is 0 Å². The molecule has 0 radical (unpaired) electrons. The number of aromatic nitrogens is 2. The van der Waals surface area contributed by atoms with E-state index in [2.05, 4.69) is 25.0 Å². The summed E-state index contributed by atoms with van der Waals surface area (Å²) in [6.07, 6.45) is 14.2. The van der Waals surface area contributed by atoms with Crippen LogP contribution < -0.4 is 0 Å². The van der Waals surface area contributed by atoms with Crippen molar-refractivity contribution in [3.05, 3.63) is 18.0 Å². The lowest BCUT2D eigenvalue weighted by Crippen LogP contribution is -2.57. The first-order valence-corrected chi connectivity index (χ1v) is 14.0. The van der Waals surface area contributed by atoms with Crippen LogP contribution in [0.1, 0.15) is 90.5 Å². The van der Waals surface area contributed by atoms with Gasteiger partial charge in [0.25, 0.3) is 0 Å². The molecular weight excluding hydrogens is 438 g/mol. The van der Waals surface area contributed by atoms with E-state index in [4.69, 9.17) is 10.00 Å². The summed E-state index contributed by atoms with van der Waals surface area (Å²) in [6, 6.07) is 2.10. The summed E-state index contributed by atoms with van der Waals surface area (Å²) in [7, 11) is 0. The van der Waals surface area contributed by atoms with Crippen LogP contribution >= 0.6 is 0 Å². The lowest BCUT2D eigenvalue weighted by molar-refractivity contribution is -0.164. The first kappa shape index (κ1) is 25.0. The lowest BCUT2D eigenvalue weighted by atomic mass is 9.42. The molecule has 4 saturated carbocycles. The molecule has 6 heteroatoms. The van der Waals surface area contributed by atoms with Crippen molar-refractivity contribution >= 4 is 5.78 Å². The lowest BCUT2D eigenvalue weighted by Gasteiger charge is -2.63. The van der Waals surface area contributed by atoms with Crippen LogP contribution in [0.2, 0.25) is 0 Å². The van der Waals surface area contributed by atoms with Crippen LogP contribution in [-0.4, -0.2) is 39.5 Å². The van der Waals surface area contributed by atoms with E-state index in [-0.39, 0.29) is 29.1 Å². The molecule has 6 nitrogen and oxygen atoms in total. The Bertz CT molecular complexity index is 980. The third-order valence-corrected chi connectivity index (χ3v) is 11.0. The first-order valence-electron chi connectivity index (χ1n) is 14.0. The maximum Gasteiger partial charge on any atom is 0.157 e. The van der Waals surface area contributed by atoms with Gasteiger partial charge in [0.15, 0.2) is 5.78 Å².